The maximum Gasteiger partial charge on any atom is 0.303 e. The summed E-state index contributed by atoms with van der Waals surface area (Å²) in [7, 11) is 0. The van der Waals surface area contributed by atoms with Gasteiger partial charge in [-0.05, 0) is 31.6 Å². The van der Waals surface area contributed by atoms with E-state index in [1.54, 1.807) is 5.01 Å². The predicted molar refractivity (Wildman–Crippen MR) is 49.4 cm³/mol. The van der Waals surface area contributed by atoms with Gasteiger partial charge in [0, 0.05) is 6.54 Å². The van der Waals surface area contributed by atoms with Crippen LogP contribution in [0.2, 0.25) is 0 Å². The van der Waals surface area contributed by atoms with E-state index in [9.17, 15) is 9.70 Å². The number of carboxylic acids is 1. The molecule has 14 heavy (non-hydrogen) atoms. The van der Waals surface area contributed by atoms with Gasteiger partial charge in [0.2, 0.25) is 0 Å². The molecule has 1 spiro atoms. The van der Waals surface area contributed by atoms with Crippen LogP contribution in [-0.4, -0.2) is 28.2 Å². The minimum atomic E-state index is -0.769. The molecule has 1 saturated carbocycles. The molecule has 1 heterocycles. The largest absolute Gasteiger partial charge is 0.481 e. The van der Waals surface area contributed by atoms with Crippen molar-refractivity contribution in [3.63, 3.8) is 0 Å². The maximum absolute atomic E-state index is 10.7. The number of rotatable bonds is 3. The summed E-state index contributed by atoms with van der Waals surface area (Å²) in [5.41, 5.74) is -0.194. The molecule has 0 aromatic rings. The molecular weight excluding hydrogens is 184 g/mol. The Hall–Kier alpha value is -1.13. The monoisotopic (exact) mass is 198 g/mol. The van der Waals surface area contributed by atoms with Gasteiger partial charge >= 0.3 is 5.97 Å². The van der Waals surface area contributed by atoms with E-state index in [1.165, 1.54) is 0 Å². The van der Waals surface area contributed by atoms with Crippen molar-refractivity contribution in [1.29, 1.82) is 0 Å². The summed E-state index contributed by atoms with van der Waals surface area (Å²) in [6.45, 7) is 0.626. The fourth-order valence-corrected chi connectivity index (χ4v) is 2.81. The topological polar surface area (TPSA) is 70.0 Å². The zero-order chi connectivity index (χ0) is 10.2. The summed E-state index contributed by atoms with van der Waals surface area (Å²) in [5, 5.41) is 13.3. The second-order valence-electron chi connectivity index (χ2n) is 4.25. The van der Waals surface area contributed by atoms with Crippen LogP contribution in [0.4, 0.5) is 0 Å². The van der Waals surface area contributed by atoms with Crippen LogP contribution in [0.15, 0.2) is 5.29 Å². The van der Waals surface area contributed by atoms with Gasteiger partial charge in [-0.25, -0.2) is 0 Å². The smallest absolute Gasteiger partial charge is 0.303 e. The van der Waals surface area contributed by atoms with Gasteiger partial charge in [-0.15, -0.1) is 4.91 Å². The van der Waals surface area contributed by atoms with Crippen molar-refractivity contribution in [2.75, 3.05) is 6.54 Å². The third-order valence-corrected chi connectivity index (χ3v) is 3.70. The molecule has 1 aliphatic carbocycles. The maximum atomic E-state index is 10.7. The fourth-order valence-electron chi connectivity index (χ4n) is 2.81. The number of carboxylic acid groups (broad SMARTS) is 1. The Morgan fingerprint density at radius 1 is 1.57 bits per heavy atom. The highest BCUT2D eigenvalue weighted by molar-refractivity contribution is 5.67. The molecule has 5 heteroatoms. The first kappa shape index (κ1) is 9.43. The number of hydrogen-bond donors (Lipinski definition) is 1. The summed E-state index contributed by atoms with van der Waals surface area (Å²) >= 11 is 0. The number of aliphatic carboxylic acids is 1. The second-order valence-corrected chi connectivity index (χ2v) is 4.25. The lowest BCUT2D eigenvalue weighted by Crippen LogP contribution is -2.51. The zero-order valence-electron chi connectivity index (χ0n) is 7.98. The first-order valence-electron chi connectivity index (χ1n) is 5.02. The van der Waals surface area contributed by atoms with Crippen molar-refractivity contribution in [2.45, 2.75) is 37.6 Å². The van der Waals surface area contributed by atoms with E-state index in [0.29, 0.717) is 6.54 Å². The fraction of sp³-hybridized carbons (Fsp3) is 0.889. The van der Waals surface area contributed by atoms with E-state index in [2.05, 4.69) is 5.29 Å². The van der Waals surface area contributed by atoms with Crippen molar-refractivity contribution >= 4 is 5.97 Å². The van der Waals surface area contributed by atoms with Crippen molar-refractivity contribution in [3.8, 4) is 0 Å². The number of carbonyl (C=O) groups is 1. The second kappa shape index (κ2) is 3.22. The summed E-state index contributed by atoms with van der Waals surface area (Å²) < 4.78 is 0. The Balaban J connectivity index is 2.11. The van der Waals surface area contributed by atoms with Crippen LogP contribution >= 0.6 is 0 Å². The molecule has 0 aromatic carbocycles. The molecule has 0 bridgehead atoms. The Morgan fingerprint density at radius 2 is 2.29 bits per heavy atom. The first-order chi connectivity index (χ1) is 6.69. The third-order valence-electron chi connectivity index (χ3n) is 3.70. The molecule has 2 aliphatic rings. The van der Waals surface area contributed by atoms with Gasteiger partial charge < -0.3 is 5.11 Å². The van der Waals surface area contributed by atoms with Crippen molar-refractivity contribution in [1.82, 2.24) is 5.01 Å². The minimum Gasteiger partial charge on any atom is -0.481 e. The molecule has 5 nitrogen and oxygen atoms in total. The van der Waals surface area contributed by atoms with E-state index < -0.39 is 5.97 Å². The van der Waals surface area contributed by atoms with E-state index in [-0.39, 0.29) is 17.9 Å². The van der Waals surface area contributed by atoms with Gasteiger partial charge in [-0.1, -0.05) is 0 Å². The molecule has 1 saturated heterocycles. The standard InChI is InChI=1S/C9H14N2O3/c12-8(13)6-7-2-5-11(10-14)9(7)3-1-4-9/h7H,1-6H2,(H,12,13). The van der Waals surface area contributed by atoms with Gasteiger partial charge in [-0.3, -0.25) is 9.80 Å². The van der Waals surface area contributed by atoms with E-state index in [0.717, 1.165) is 25.7 Å². The SMILES string of the molecule is O=NN1CCC(CC(=O)O)C12CCC2. The quantitative estimate of drug-likeness (QED) is 0.695. The summed E-state index contributed by atoms with van der Waals surface area (Å²) in [5.74, 6) is -0.652. The van der Waals surface area contributed by atoms with Gasteiger partial charge in [0.15, 0.2) is 0 Å². The number of nitrogens with zero attached hydrogens (tertiary/aromatic N) is 2. The highest BCUT2D eigenvalue weighted by Gasteiger charge is 2.53. The van der Waals surface area contributed by atoms with Crippen LogP contribution in [0, 0.1) is 10.8 Å². The van der Waals surface area contributed by atoms with Crippen LogP contribution in [0.25, 0.3) is 0 Å². The van der Waals surface area contributed by atoms with E-state index >= 15 is 0 Å². The van der Waals surface area contributed by atoms with Crippen molar-refractivity contribution in [3.05, 3.63) is 4.91 Å². The van der Waals surface area contributed by atoms with E-state index in [1.807, 2.05) is 0 Å². The normalized spacial score (nSPS) is 28.9. The third kappa shape index (κ3) is 1.19. The lowest BCUT2D eigenvalue weighted by atomic mass is 9.68. The van der Waals surface area contributed by atoms with Gasteiger partial charge in [-0.2, -0.15) is 0 Å². The molecule has 0 aromatic heterocycles. The zero-order valence-corrected chi connectivity index (χ0v) is 7.98. The summed E-state index contributed by atoms with van der Waals surface area (Å²) in [4.78, 5) is 21.2. The molecule has 1 atom stereocenters. The van der Waals surface area contributed by atoms with Crippen LogP contribution in [-0.2, 0) is 4.79 Å². The molecule has 1 N–H and O–H groups in total. The molecule has 2 rings (SSSR count). The van der Waals surface area contributed by atoms with Crippen LogP contribution < -0.4 is 0 Å². The lowest BCUT2D eigenvalue weighted by molar-refractivity contribution is -0.139. The average molecular weight is 198 g/mol. The summed E-state index contributed by atoms with van der Waals surface area (Å²) in [6.07, 6.45) is 3.90. The Morgan fingerprint density at radius 3 is 2.71 bits per heavy atom. The minimum absolute atomic E-state index is 0.117. The molecular formula is C9H14N2O3. The Bertz CT molecular complexity index is 263. The van der Waals surface area contributed by atoms with Gasteiger partial charge in [0.1, 0.15) is 0 Å². The molecule has 78 valence electrons. The van der Waals surface area contributed by atoms with Crippen LogP contribution in [0.1, 0.15) is 32.1 Å². The number of nitroso groups, excluding NO2 is 1. The highest BCUT2D eigenvalue weighted by Crippen LogP contribution is 2.50. The Kier molecular flexibility index (Phi) is 2.17. The molecule has 1 unspecified atom stereocenters. The Labute approximate surface area is 82.0 Å². The highest BCUT2D eigenvalue weighted by atomic mass is 16.4. The first-order valence-corrected chi connectivity index (χ1v) is 5.02. The number of hydrogen-bond acceptors (Lipinski definition) is 3. The van der Waals surface area contributed by atoms with Crippen LogP contribution in [0.5, 0.6) is 0 Å². The van der Waals surface area contributed by atoms with E-state index in [4.69, 9.17) is 5.11 Å². The predicted octanol–water partition coefficient (Wildman–Crippen LogP) is 1.39. The molecule has 0 radical (unpaired) electrons. The van der Waals surface area contributed by atoms with Gasteiger partial charge in [0.25, 0.3) is 0 Å². The molecule has 0 amide bonds. The molecule has 1 aliphatic heterocycles. The average Bonchev–Trinajstić information content (AvgIpc) is 2.41. The van der Waals surface area contributed by atoms with Crippen molar-refractivity contribution < 1.29 is 9.90 Å². The lowest BCUT2D eigenvalue weighted by Gasteiger charge is -2.46. The van der Waals surface area contributed by atoms with Crippen LogP contribution in [0.3, 0.4) is 0 Å². The summed E-state index contributed by atoms with van der Waals surface area (Å²) in [6, 6.07) is 0. The van der Waals surface area contributed by atoms with Crippen molar-refractivity contribution in [2.24, 2.45) is 11.2 Å². The van der Waals surface area contributed by atoms with Gasteiger partial charge in [0.05, 0.1) is 17.2 Å². The molecule has 2 fully saturated rings.